The maximum atomic E-state index is 9.33. The highest BCUT2D eigenvalue weighted by Crippen LogP contribution is 2.30. The van der Waals surface area contributed by atoms with Crippen molar-refractivity contribution in [2.45, 2.75) is 0 Å². The van der Waals surface area contributed by atoms with E-state index in [4.69, 9.17) is 15.0 Å². The molecule has 0 unspecified atom stereocenters. The third-order valence-corrected chi connectivity index (χ3v) is 0.391. The quantitative estimate of drug-likeness (QED) is 0.347. The Hall–Kier alpha value is -0.440. The molecule has 0 amide bonds. The monoisotopic (exact) mass is 141 g/mol. The predicted octanol–water partition coefficient (Wildman–Crippen LogP) is -0.0308. The summed E-state index contributed by atoms with van der Waals surface area (Å²) >= 11 is 0. The van der Waals surface area contributed by atoms with Crippen LogP contribution in [0, 0.1) is 11.1 Å². The summed E-state index contributed by atoms with van der Waals surface area (Å²) in [6.07, 6.45) is 0. The van der Waals surface area contributed by atoms with Crippen molar-refractivity contribution in [3.8, 4) is 5.81 Å². The highest BCUT2D eigenvalue weighted by atomic mass is 31.2. The molecule has 0 fully saturated rings. The zero-order valence-electron chi connectivity index (χ0n) is 4.11. The molecule has 0 rings (SSSR count). The van der Waals surface area contributed by atoms with E-state index in [-0.39, 0.29) is 12.3 Å². The molecule has 0 heterocycles. The molecule has 0 aromatic heterocycles. The molecule has 0 atom stereocenters. The van der Waals surface area contributed by atoms with Crippen LogP contribution in [0.3, 0.4) is 0 Å². The Morgan fingerprint density at radius 2 is 1.50 bits per heavy atom. The summed E-state index contributed by atoms with van der Waals surface area (Å²) in [5.41, 5.74) is 0. The van der Waals surface area contributed by atoms with Gasteiger partial charge in [0.05, 0.1) is 0 Å². The van der Waals surface area contributed by atoms with Gasteiger partial charge in [0.2, 0.25) is 0 Å². The van der Waals surface area contributed by atoms with Crippen molar-refractivity contribution >= 4 is 7.60 Å². The molecule has 0 saturated heterocycles. The fraction of sp³-hybridized carbons (Fsp3) is 0. The molecule has 0 aromatic carbocycles. The molecule has 0 radical (unpaired) electrons. The summed E-state index contributed by atoms with van der Waals surface area (Å²) in [7, 11) is -4.34. The van der Waals surface area contributed by atoms with Crippen LogP contribution in [0.4, 0.5) is 0 Å². The smallest absolute Gasteiger partial charge is 0.344 e. The van der Waals surface area contributed by atoms with Gasteiger partial charge >= 0.3 is 7.60 Å². The van der Waals surface area contributed by atoms with Crippen molar-refractivity contribution in [2.24, 2.45) is 0 Å². The van der Waals surface area contributed by atoms with Gasteiger partial charge in [-0.1, -0.05) is 0 Å². The van der Waals surface area contributed by atoms with Gasteiger partial charge in [0.1, 0.15) is 0 Å². The van der Waals surface area contributed by atoms with Crippen LogP contribution in [0.25, 0.3) is 0 Å². The van der Waals surface area contributed by atoms with E-state index in [1.54, 1.807) is 0 Å². The van der Waals surface area contributed by atoms with Gasteiger partial charge in [-0.05, 0) is 0 Å². The second-order valence-corrected chi connectivity index (χ2v) is 1.93. The zero-order chi connectivity index (χ0) is 5.21. The van der Waals surface area contributed by atoms with Crippen molar-refractivity contribution in [1.82, 2.24) is 12.3 Å². The number of hydrogen-bond donors (Lipinski definition) is 4. The fourth-order valence-corrected chi connectivity index (χ4v) is 0. The topological polar surface area (TPSA) is 151 Å². The first kappa shape index (κ1) is 15.6. The van der Waals surface area contributed by atoms with Gasteiger partial charge in [-0.3, -0.25) is 0 Å². The molecular weight excluding hydrogens is 133 g/mol. The molecule has 0 aliphatic carbocycles. The Bertz CT molecular complexity index is 121. The Morgan fingerprint density at radius 3 is 1.50 bits per heavy atom. The molecule has 0 aromatic rings. The van der Waals surface area contributed by atoms with Crippen molar-refractivity contribution < 1.29 is 14.4 Å². The van der Waals surface area contributed by atoms with Crippen molar-refractivity contribution in [1.29, 1.82) is 5.26 Å². The molecule has 0 bridgehead atoms. The third kappa shape index (κ3) is 17.6. The Kier molecular flexibility index (Phi) is 9.22. The van der Waals surface area contributed by atoms with Crippen molar-refractivity contribution in [2.75, 3.05) is 0 Å². The number of nitrogens with zero attached hydrogens (tertiary/aromatic N) is 1. The Labute approximate surface area is 46.5 Å². The summed E-state index contributed by atoms with van der Waals surface area (Å²) in [5.74, 6) is 0.771. The van der Waals surface area contributed by atoms with Gasteiger partial charge in [-0.2, -0.15) is 5.26 Å². The van der Waals surface area contributed by atoms with E-state index in [1.165, 1.54) is 0 Å². The molecule has 0 aliphatic rings. The predicted molar refractivity (Wildman–Crippen MR) is 27.7 cm³/mol. The minimum Gasteiger partial charge on any atom is -0.344 e. The largest absolute Gasteiger partial charge is 0.426 e. The van der Waals surface area contributed by atoms with Crippen LogP contribution in [-0.4, -0.2) is 9.79 Å². The van der Waals surface area contributed by atoms with Gasteiger partial charge < -0.3 is 22.1 Å². The van der Waals surface area contributed by atoms with Crippen molar-refractivity contribution in [3.63, 3.8) is 0 Å². The highest BCUT2D eigenvalue weighted by Gasteiger charge is 2.06. The molecule has 6 nitrogen and oxygen atoms in total. The normalized spacial score (nSPS) is 7.62. The van der Waals surface area contributed by atoms with Crippen LogP contribution in [0.15, 0.2) is 0 Å². The maximum absolute atomic E-state index is 9.33. The number of rotatable bonds is 0. The Balaban J connectivity index is -0.000000125. The summed E-state index contributed by atoms with van der Waals surface area (Å²) in [4.78, 5) is 15.2. The SMILES string of the molecule is N.N.N#CP(=O)(O)O. The molecule has 7 heteroatoms. The second kappa shape index (κ2) is 4.71. The molecule has 0 aliphatic heterocycles. The lowest BCUT2D eigenvalue weighted by Crippen LogP contribution is -1.64. The maximum Gasteiger partial charge on any atom is 0.426 e. The van der Waals surface area contributed by atoms with E-state index < -0.39 is 7.60 Å². The Morgan fingerprint density at radius 1 is 1.38 bits per heavy atom. The van der Waals surface area contributed by atoms with E-state index in [2.05, 4.69) is 0 Å². The molecule has 0 spiro atoms. The third-order valence-electron chi connectivity index (χ3n) is 0.130. The van der Waals surface area contributed by atoms with Crippen molar-refractivity contribution in [3.05, 3.63) is 0 Å². The molecular formula is CH8N3O3P. The summed E-state index contributed by atoms with van der Waals surface area (Å²) < 4.78 is 9.33. The van der Waals surface area contributed by atoms with E-state index in [0.29, 0.717) is 0 Å². The molecule has 8 N–H and O–H groups in total. The van der Waals surface area contributed by atoms with E-state index >= 15 is 0 Å². The van der Waals surface area contributed by atoms with Crippen LogP contribution in [0.1, 0.15) is 0 Å². The van der Waals surface area contributed by atoms with Crippen LogP contribution in [-0.2, 0) is 4.57 Å². The van der Waals surface area contributed by atoms with Gasteiger partial charge in [0.25, 0.3) is 0 Å². The second-order valence-electron chi connectivity index (χ2n) is 0.644. The molecule has 50 valence electrons. The van der Waals surface area contributed by atoms with Crippen LogP contribution < -0.4 is 12.3 Å². The number of hydrogen-bond acceptors (Lipinski definition) is 4. The van der Waals surface area contributed by atoms with Gasteiger partial charge in [0.15, 0.2) is 5.81 Å². The molecule has 8 heavy (non-hydrogen) atoms. The average Bonchev–Trinajstić information content (AvgIpc) is 1.35. The lowest BCUT2D eigenvalue weighted by atomic mass is 11.8. The summed E-state index contributed by atoms with van der Waals surface area (Å²) in [6, 6.07) is 0. The first-order valence-electron chi connectivity index (χ1n) is 1.03. The lowest BCUT2D eigenvalue weighted by molar-refractivity contribution is 0.388. The van der Waals surface area contributed by atoms with Crippen LogP contribution in [0.5, 0.6) is 0 Å². The van der Waals surface area contributed by atoms with Gasteiger partial charge in [-0.25, -0.2) is 4.57 Å². The van der Waals surface area contributed by atoms with Gasteiger partial charge in [0, 0.05) is 0 Å². The molecule has 0 saturated carbocycles. The van der Waals surface area contributed by atoms with E-state index in [0.717, 1.165) is 5.81 Å². The first-order chi connectivity index (χ1) is 2.56. The van der Waals surface area contributed by atoms with Gasteiger partial charge in [-0.15, -0.1) is 0 Å². The van der Waals surface area contributed by atoms with E-state index in [1.807, 2.05) is 0 Å². The average molecular weight is 141 g/mol. The number of nitriles is 1. The van der Waals surface area contributed by atoms with E-state index in [9.17, 15) is 4.57 Å². The minimum atomic E-state index is -4.34. The zero-order valence-corrected chi connectivity index (χ0v) is 5.01. The minimum absolute atomic E-state index is 0. The van der Waals surface area contributed by atoms with Crippen LogP contribution >= 0.6 is 7.60 Å². The standard InChI is InChI=1S/CH2NO3P.2H3N/c2-1-6(3,4)5;;/h(H2,3,4,5);2*1H3. The highest BCUT2D eigenvalue weighted by molar-refractivity contribution is 7.57. The lowest BCUT2D eigenvalue weighted by Gasteiger charge is -1.80. The summed E-state index contributed by atoms with van der Waals surface area (Å²) in [5, 5.41) is 7.39. The summed E-state index contributed by atoms with van der Waals surface area (Å²) in [6.45, 7) is 0. The first-order valence-corrected chi connectivity index (χ1v) is 2.64. The fourth-order valence-electron chi connectivity index (χ4n) is 0. The van der Waals surface area contributed by atoms with Crippen LogP contribution in [0.2, 0.25) is 0 Å².